The molecule has 0 aliphatic heterocycles. The maximum absolute atomic E-state index is 14.4. The lowest BCUT2D eigenvalue weighted by molar-refractivity contribution is -0.121. The van der Waals surface area contributed by atoms with E-state index in [0.717, 1.165) is 27.8 Å². The lowest BCUT2D eigenvalue weighted by atomic mass is 9.76. The van der Waals surface area contributed by atoms with Gasteiger partial charge in [0.2, 0.25) is 5.91 Å². The summed E-state index contributed by atoms with van der Waals surface area (Å²) in [5.74, 6) is -2.78. The molecule has 0 spiro atoms. The Kier molecular flexibility index (Phi) is 7.29. The molecular weight excluding hydrogens is 448 g/mol. The fourth-order valence-corrected chi connectivity index (χ4v) is 4.25. The van der Waals surface area contributed by atoms with Gasteiger partial charge in [0, 0.05) is 13.1 Å². The van der Waals surface area contributed by atoms with Gasteiger partial charge < -0.3 is 5.11 Å². The molecule has 5 nitrogen and oxygen atoms in total. The topological polar surface area (TPSA) is 65.5 Å². The summed E-state index contributed by atoms with van der Waals surface area (Å²) in [4.78, 5) is 18.2. The van der Waals surface area contributed by atoms with Crippen LogP contribution in [0.5, 0.6) is 0 Å². The minimum atomic E-state index is -1.15. The number of rotatable bonds is 8. The molecular formula is C28H25F2N3O2. The van der Waals surface area contributed by atoms with Crippen molar-refractivity contribution < 1.29 is 18.7 Å². The van der Waals surface area contributed by atoms with Crippen LogP contribution >= 0.6 is 0 Å². The van der Waals surface area contributed by atoms with Gasteiger partial charge in [-0.15, -0.1) is 0 Å². The molecule has 1 amide bonds. The van der Waals surface area contributed by atoms with Crippen molar-refractivity contribution in [3.8, 4) is 0 Å². The molecule has 0 saturated carbocycles. The average Bonchev–Trinajstić information content (AvgIpc) is 2.90. The number of pyridine rings is 1. The van der Waals surface area contributed by atoms with Gasteiger partial charge >= 0.3 is 0 Å². The van der Waals surface area contributed by atoms with Gasteiger partial charge in [-0.05, 0) is 16.7 Å². The molecule has 178 valence electrons. The predicted molar refractivity (Wildman–Crippen MR) is 131 cm³/mol. The molecule has 1 unspecified atom stereocenters. The number of nitrogens with zero attached hydrogens (tertiary/aromatic N) is 2. The number of likely N-dealkylation sites (N-methyl/N-ethyl adjacent to an activating group) is 1. The molecule has 3 aromatic carbocycles. The van der Waals surface area contributed by atoms with Crippen LogP contribution in [0.15, 0.2) is 103 Å². The molecule has 0 radical (unpaired) electrons. The quantitative estimate of drug-likeness (QED) is 0.375. The second kappa shape index (κ2) is 10.5. The van der Waals surface area contributed by atoms with Crippen LogP contribution in [0.4, 0.5) is 14.6 Å². The van der Waals surface area contributed by atoms with E-state index >= 15 is 0 Å². The Morgan fingerprint density at radius 2 is 1.37 bits per heavy atom. The number of carbonyl (C=O) groups is 1. The van der Waals surface area contributed by atoms with E-state index in [1.807, 2.05) is 91.0 Å². The number of halogens is 2. The average molecular weight is 474 g/mol. The zero-order valence-corrected chi connectivity index (χ0v) is 19.1. The third kappa shape index (κ3) is 4.82. The largest absolute Gasteiger partial charge is 0.394 e. The summed E-state index contributed by atoms with van der Waals surface area (Å²) >= 11 is 0. The van der Waals surface area contributed by atoms with Crippen LogP contribution in [0.1, 0.15) is 16.7 Å². The second-order valence-corrected chi connectivity index (χ2v) is 8.08. The molecule has 1 heterocycles. The molecule has 1 atom stereocenters. The lowest BCUT2D eigenvalue weighted by Crippen LogP contribution is -2.57. The summed E-state index contributed by atoms with van der Waals surface area (Å²) in [5, 5.41) is 13.7. The van der Waals surface area contributed by atoms with Gasteiger partial charge in [0.25, 0.3) is 0 Å². The summed E-state index contributed by atoms with van der Waals surface area (Å²) < 4.78 is 27.7. The minimum absolute atomic E-state index is 0.332. The fraction of sp³-hybridized carbons (Fsp3) is 0.143. The zero-order chi connectivity index (χ0) is 24.8. The van der Waals surface area contributed by atoms with Crippen LogP contribution in [-0.2, 0) is 10.3 Å². The monoisotopic (exact) mass is 473 g/mol. The van der Waals surface area contributed by atoms with Crippen molar-refractivity contribution in [3.63, 3.8) is 0 Å². The van der Waals surface area contributed by atoms with Gasteiger partial charge in [-0.1, -0.05) is 91.0 Å². The summed E-state index contributed by atoms with van der Waals surface area (Å²) in [6.07, 6.45) is 0.839. The van der Waals surface area contributed by atoms with Crippen LogP contribution in [-0.4, -0.2) is 35.7 Å². The van der Waals surface area contributed by atoms with E-state index in [0.29, 0.717) is 6.07 Å². The Hall–Kier alpha value is -3.94. The SMILES string of the molecule is CN(C(=O)C(CO)NC(c1ccccc1)(c1ccccc1)c1ccccc1)c1ncc(F)cc1F. The molecule has 35 heavy (non-hydrogen) atoms. The number of amides is 1. The second-order valence-electron chi connectivity index (χ2n) is 8.08. The maximum atomic E-state index is 14.4. The highest BCUT2D eigenvalue weighted by molar-refractivity contribution is 5.96. The molecule has 4 aromatic rings. The van der Waals surface area contributed by atoms with Crippen LogP contribution in [0.3, 0.4) is 0 Å². The van der Waals surface area contributed by atoms with E-state index in [4.69, 9.17) is 0 Å². The number of nitrogens with one attached hydrogen (secondary N) is 1. The summed E-state index contributed by atoms with van der Waals surface area (Å²) in [5.41, 5.74) is 1.51. The highest BCUT2D eigenvalue weighted by Crippen LogP contribution is 2.37. The van der Waals surface area contributed by atoms with E-state index in [2.05, 4.69) is 10.3 Å². The Morgan fingerprint density at radius 1 is 0.914 bits per heavy atom. The summed E-state index contributed by atoms with van der Waals surface area (Å²) in [6.45, 7) is -0.569. The molecule has 0 aliphatic rings. The van der Waals surface area contributed by atoms with Crippen molar-refractivity contribution in [2.45, 2.75) is 11.6 Å². The number of aliphatic hydroxyl groups is 1. The first-order valence-electron chi connectivity index (χ1n) is 11.1. The maximum Gasteiger partial charge on any atom is 0.247 e. The van der Waals surface area contributed by atoms with Gasteiger partial charge in [-0.25, -0.2) is 13.8 Å². The highest BCUT2D eigenvalue weighted by atomic mass is 19.1. The normalized spacial score (nSPS) is 12.2. The fourth-order valence-electron chi connectivity index (χ4n) is 4.25. The number of carbonyl (C=O) groups excluding carboxylic acids is 1. The van der Waals surface area contributed by atoms with E-state index in [1.54, 1.807) is 0 Å². The van der Waals surface area contributed by atoms with Crippen LogP contribution in [0.2, 0.25) is 0 Å². The molecule has 0 saturated heterocycles. The predicted octanol–water partition coefficient (Wildman–Crippen LogP) is 4.27. The van der Waals surface area contributed by atoms with Gasteiger partial charge in [0.1, 0.15) is 11.9 Å². The summed E-state index contributed by atoms with van der Waals surface area (Å²) in [7, 11) is 1.34. The van der Waals surface area contributed by atoms with E-state index in [1.165, 1.54) is 7.05 Å². The number of benzene rings is 3. The highest BCUT2D eigenvalue weighted by Gasteiger charge is 2.40. The number of hydrogen-bond donors (Lipinski definition) is 2. The molecule has 1 aromatic heterocycles. The third-order valence-corrected chi connectivity index (χ3v) is 5.93. The molecule has 0 bridgehead atoms. The Morgan fingerprint density at radius 3 is 1.77 bits per heavy atom. The Labute approximate surface area is 202 Å². The van der Waals surface area contributed by atoms with Crippen molar-refractivity contribution in [2.24, 2.45) is 0 Å². The Bertz CT molecular complexity index is 1170. The number of hydrogen-bond acceptors (Lipinski definition) is 4. The molecule has 7 heteroatoms. The van der Waals surface area contributed by atoms with Crippen molar-refractivity contribution in [3.05, 3.63) is 132 Å². The van der Waals surface area contributed by atoms with Crippen LogP contribution in [0, 0.1) is 11.6 Å². The van der Waals surface area contributed by atoms with Gasteiger partial charge in [-0.2, -0.15) is 0 Å². The zero-order valence-electron chi connectivity index (χ0n) is 19.1. The van der Waals surface area contributed by atoms with Crippen LogP contribution in [0.25, 0.3) is 0 Å². The Balaban J connectivity index is 1.84. The first kappa shape index (κ1) is 24.2. The smallest absolute Gasteiger partial charge is 0.247 e. The van der Waals surface area contributed by atoms with E-state index in [9.17, 15) is 18.7 Å². The standard InChI is InChI=1S/C28H25F2N3O2/c1-33(26-24(30)17-23(29)18-31-26)27(35)25(19-34)32-28(20-11-5-2-6-12-20,21-13-7-3-8-14-21)22-15-9-4-10-16-22/h2-18,25,32,34H,19H2,1H3. The summed E-state index contributed by atoms with van der Waals surface area (Å²) in [6, 6.07) is 28.3. The van der Waals surface area contributed by atoms with Crippen molar-refractivity contribution in [1.29, 1.82) is 0 Å². The van der Waals surface area contributed by atoms with Crippen LogP contribution < -0.4 is 10.2 Å². The first-order valence-corrected chi connectivity index (χ1v) is 11.1. The van der Waals surface area contributed by atoms with Crippen molar-refractivity contribution in [1.82, 2.24) is 10.3 Å². The molecule has 0 aliphatic carbocycles. The van der Waals surface area contributed by atoms with Gasteiger partial charge in [0.15, 0.2) is 11.6 Å². The lowest BCUT2D eigenvalue weighted by Gasteiger charge is -2.40. The minimum Gasteiger partial charge on any atom is -0.394 e. The van der Waals surface area contributed by atoms with Gasteiger partial charge in [0.05, 0.1) is 18.3 Å². The van der Waals surface area contributed by atoms with Crippen molar-refractivity contribution in [2.75, 3.05) is 18.6 Å². The number of aliphatic hydroxyl groups excluding tert-OH is 1. The first-order chi connectivity index (χ1) is 17.0. The van der Waals surface area contributed by atoms with Crippen molar-refractivity contribution >= 4 is 11.7 Å². The molecule has 2 N–H and O–H groups in total. The third-order valence-electron chi connectivity index (χ3n) is 5.93. The van der Waals surface area contributed by atoms with E-state index < -0.39 is 35.7 Å². The number of anilines is 1. The molecule has 0 fully saturated rings. The number of aromatic nitrogens is 1. The molecule has 4 rings (SSSR count). The van der Waals surface area contributed by atoms with E-state index in [-0.39, 0.29) is 5.82 Å². The van der Waals surface area contributed by atoms with Gasteiger partial charge in [-0.3, -0.25) is 15.0 Å².